The van der Waals surface area contributed by atoms with Crippen LogP contribution in [0.4, 0.5) is 5.69 Å². The Kier molecular flexibility index (Phi) is 3.79. The zero-order chi connectivity index (χ0) is 14.7. The van der Waals surface area contributed by atoms with E-state index in [4.69, 9.17) is 5.73 Å². The molecule has 0 aliphatic rings. The van der Waals surface area contributed by atoms with E-state index in [1.165, 1.54) is 18.3 Å². The van der Waals surface area contributed by atoms with Gasteiger partial charge in [-0.05, 0) is 43.2 Å². The maximum absolute atomic E-state index is 12.1. The first-order chi connectivity index (χ1) is 9.47. The van der Waals surface area contributed by atoms with Crippen LogP contribution in [0.25, 0.3) is 0 Å². The van der Waals surface area contributed by atoms with Gasteiger partial charge in [-0.1, -0.05) is 12.1 Å². The molecule has 2 amide bonds. The number of carbonyl (C=O) groups is 2. The van der Waals surface area contributed by atoms with Gasteiger partial charge in [0.25, 0.3) is 11.8 Å². The maximum atomic E-state index is 12.1. The quantitative estimate of drug-likeness (QED) is 0.894. The number of primary amides is 1. The van der Waals surface area contributed by atoms with Gasteiger partial charge < -0.3 is 11.1 Å². The van der Waals surface area contributed by atoms with Crippen LogP contribution in [0.5, 0.6) is 0 Å². The smallest absolute Gasteiger partial charge is 0.267 e. The lowest BCUT2D eigenvalue weighted by Gasteiger charge is -2.09. The van der Waals surface area contributed by atoms with Gasteiger partial charge in [0.05, 0.1) is 5.56 Å². The predicted molar refractivity (Wildman–Crippen MR) is 76.6 cm³/mol. The molecule has 5 heteroatoms. The van der Waals surface area contributed by atoms with Gasteiger partial charge in [-0.2, -0.15) is 0 Å². The van der Waals surface area contributed by atoms with Crippen LogP contribution in [-0.4, -0.2) is 16.8 Å². The van der Waals surface area contributed by atoms with Crippen molar-refractivity contribution in [1.29, 1.82) is 0 Å². The Bertz CT molecular complexity index is 663. The van der Waals surface area contributed by atoms with E-state index in [0.717, 1.165) is 16.8 Å². The number of pyridine rings is 1. The number of nitrogens with one attached hydrogen (secondary N) is 1. The van der Waals surface area contributed by atoms with E-state index in [-0.39, 0.29) is 11.6 Å². The van der Waals surface area contributed by atoms with Gasteiger partial charge in [0.15, 0.2) is 0 Å². The third-order valence-corrected chi connectivity index (χ3v) is 2.92. The van der Waals surface area contributed by atoms with Crippen molar-refractivity contribution in [2.24, 2.45) is 5.73 Å². The highest BCUT2D eigenvalue weighted by Crippen LogP contribution is 2.17. The minimum Gasteiger partial charge on any atom is -0.364 e. The number of amides is 2. The van der Waals surface area contributed by atoms with Crippen LogP contribution in [0, 0.1) is 13.8 Å². The van der Waals surface area contributed by atoms with Gasteiger partial charge >= 0.3 is 0 Å². The van der Waals surface area contributed by atoms with Crippen LogP contribution in [0.1, 0.15) is 32.0 Å². The number of rotatable bonds is 3. The summed E-state index contributed by atoms with van der Waals surface area (Å²) in [7, 11) is 0. The number of nitrogens with zero attached hydrogens (tertiary/aromatic N) is 1. The summed E-state index contributed by atoms with van der Waals surface area (Å²) in [4.78, 5) is 26.9. The average molecular weight is 269 g/mol. The van der Waals surface area contributed by atoms with E-state index in [0.29, 0.717) is 5.56 Å². The summed E-state index contributed by atoms with van der Waals surface area (Å²) in [6.07, 6.45) is 1.33. The first-order valence-electron chi connectivity index (χ1n) is 6.12. The lowest BCUT2D eigenvalue weighted by Crippen LogP contribution is -2.16. The van der Waals surface area contributed by atoms with Crippen LogP contribution in [-0.2, 0) is 0 Å². The molecule has 3 N–H and O–H groups in total. The Morgan fingerprint density at radius 1 is 1.15 bits per heavy atom. The molecule has 0 saturated heterocycles. The number of hydrogen-bond acceptors (Lipinski definition) is 3. The summed E-state index contributed by atoms with van der Waals surface area (Å²) < 4.78 is 0. The third-order valence-electron chi connectivity index (χ3n) is 2.92. The minimum absolute atomic E-state index is 0.133. The summed E-state index contributed by atoms with van der Waals surface area (Å²) in [5, 5.41) is 2.82. The number of aromatic nitrogens is 1. The fourth-order valence-corrected chi connectivity index (χ4v) is 1.74. The number of hydrogen-bond donors (Lipinski definition) is 2. The van der Waals surface area contributed by atoms with Gasteiger partial charge in [0.2, 0.25) is 0 Å². The van der Waals surface area contributed by atoms with Gasteiger partial charge in [-0.15, -0.1) is 0 Å². The lowest BCUT2D eigenvalue weighted by atomic mass is 10.1. The summed E-state index contributed by atoms with van der Waals surface area (Å²) in [5.41, 5.74) is 8.40. The van der Waals surface area contributed by atoms with Gasteiger partial charge in [-0.25, -0.2) is 0 Å². The van der Waals surface area contributed by atoms with Gasteiger partial charge in [0, 0.05) is 11.9 Å². The normalized spacial score (nSPS) is 10.1. The standard InChI is InChI=1S/C15H15N3O2/c1-9-3-4-10(2)13(7-9)18-15(20)11-5-6-12(14(16)19)17-8-11/h3-8H,1-2H3,(H2,16,19)(H,18,20). The first-order valence-corrected chi connectivity index (χ1v) is 6.12. The number of aryl methyl sites for hydroxylation is 2. The molecule has 1 aromatic heterocycles. The second-order valence-corrected chi connectivity index (χ2v) is 4.57. The van der Waals surface area contributed by atoms with E-state index in [1.54, 1.807) is 0 Å². The summed E-state index contributed by atoms with van der Waals surface area (Å²) >= 11 is 0. The van der Waals surface area contributed by atoms with Crippen molar-refractivity contribution in [2.75, 3.05) is 5.32 Å². The molecular weight excluding hydrogens is 254 g/mol. The van der Waals surface area contributed by atoms with Crippen LogP contribution < -0.4 is 11.1 Å². The molecule has 1 aromatic carbocycles. The molecule has 5 nitrogen and oxygen atoms in total. The lowest BCUT2D eigenvalue weighted by molar-refractivity contribution is 0.0990. The topological polar surface area (TPSA) is 85.1 Å². The molecule has 0 radical (unpaired) electrons. The fourth-order valence-electron chi connectivity index (χ4n) is 1.74. The molecule has 0 aliphatic carbocycles. The Morgan fingerprint density at radius 2 is 1.90 bits per heavy atom. The van der Waals surface area contributed by atoms with Crippen molar-refractivity contribution >= 4 is 17.5 Å². The number of benzene rings is 1. The van der Waals surface area contributed by atoms with E-state index < -0.39 is 5.91 Å². The maximum Gasteiger partial charge on any atom is 0.267 e. The molecule has 1 heterocycles. The molecule has 2 aromatic rings. The van der Waals surface area contributed by atoms with E-state index in [2.05, 4.69) is 10.3 Å². The van der Waals surface area contributed by atoms with Crippen molar-refractivity contribution < 1.29 is 9.59 Å². The Labute approximate surface area is 116 Å². The monoisotopic (exact) mass is 269 g/mol. The van der Waals surface area contributed by atoms with Crippen LogP contribution >= 0.6 is 0 Å². The Balaban J connectivity index is 2.19. The minimum atomic E-state index is -0.619. The molecule has 0 fully saturated rings. The average Bonchev–Trinajstić information content (AvgIpc) is 2.43. The molecule has 2 rings (SSSR count). The molecule has 102 valence electrons. The largest absolute Gasteiger partial charge is 0.364 e. The molecule has 0 bridgehead atoms. The summed E-state index contributed by atoms with van der Waals surface area (Å²) in [6, 6.07) is 8.78. The Morgan fingerprint density at radius 3 is 2.50 bits per heavy atom. The van der Waals surface area contributed by atoms with Crippen LogP contribution in [0.15, 0.2) is 36.5 Å². The highest BCUT2D eigenvalue weighted by molar-refractivity contribution is 6.04. The molecule has 0 aliphatic heterocycles. The molecule has 0 unspecified atom stereocenters. The van der Waals surface area contributed by atoms with E-state index in [1.807, 2.05) is 32.0 Å². The molecular formula is C15H15N3O2. The number of anilines is 1. The van der Waals surface area contributed by atoms with Crippen molar-refractivity contribution in [3.8, 4) is 0 Å². The van der Waals surface area contributed by atoms with Crippen molar-refractivity contribution in [3.05, 3.63) is 58.9 Å². The van der Waals surface area contributed by atoms with E-state index in [9.17, 15) is 9.59 Å². The number of carbonyl (C=O) groups excluding carboxylic acids is 2. The first kappa shape index (κ1) is 13.7. The molecule has 0 atom stereocenters. The summed E-state index contributed by atoms with van der Waals surface area (Å²) in [5.74, 6) is -0.895. The molecule has 0 saturated carbocycles. The fraction of sp³-hybridized carbons (Fsp3) is 0.133. The zero-order valence-electron chi connectivity index (χ0n) is 11.3. The van der Waals surface area contributed by atoms with E-state index >= 15 is 0 Å². The second kappa shape index (κ2) is 5.52. The van der Waals surface area contributed by atoms with Crippen LogP contribution in [0.3, 0.4) is 0 Å². The second-order valence-electron chi connectivity index (χ2n) is 4.57. The molecule has 20 heavy (non-hydrogen) atoms. The van der Waals surface area contributed by atoms with Crippen LogP contribution in [0.2, 0.25) is 0 Å². The van der Waals surface area contributed by atoms with Gasteiger partial charge in [-0.3, -0.25) is 14.6 Å². The number of nitrogens with two attached hydrogens (primary N) is 1. The highest BCUT2D eigenvalue weighted by Gasteiger charge is 2.09. The van der Waals surface area contributed by atoms with Crippen molar-refractivity contribution in [3.63, 3.8) is 0 Å². The molecule has 0 spiro atoms. The summed E-state index contributed by atoms with van der Waals surface area (Å²) in [6.45, 7) is 3.88. The predicted octanol–water partition coefficient (Wildman–Crippen LogP) is 2.05. The van der Waals surface area contributed by atoms with Crippen molar-refractivity contribution in [2.45, 2.75) is 13.8 Å². The Hall–Kier alpha value is -2.69. The van der Waals surface area contributed by atoms with Crippen molar-refractivity contribution in [1.82, 2.24) is 4.98 Å². The highest BCUT2D eigenvalue weighted by atomic mass is 16.2. The van der Waals surface area contributed by atoms with Gasteiger partial charge in [0.1, 0.15) is 5.69 Å². The zero-order valence-corrected chi connectivity index (χ0v) is 11.3. The third kappa shape index (κ3) is 3.00. The SMILES string of the molecule is Cc1ccc(C)c(NC(=O)c2ccc(C(N)=O)nc2)c1.